The van der Waals surface area contributed by atoms with Crippen molar-refractivity contribution in [2.24, 2.45) is 0 Å². The van der Waals surface area contributed by atoms with E-state index < -0.39 is 0 Å². The van der Waals surface area contributed by atoms with Crippen LogP contribution >= 0.6 is 11.8 Å². The number of benzene rings is 1. The van der Waals surface area contributed by atoms with Crippen molar-refractivity contribution in [3.8, 4) is 0 Å². The number of aliphatic hydroxyl groups is 1. The third-order valence-corrected chi connectivity index (χ3v) is 3.46. The second-order valence-electron chi connectivity index (χ2n) is 3.89. The average Bonchev–Trinajstić information content (AvgIpc) is 2.28. The van der Waals surface area contributed by atoms with E-state index in [2.05, 4.69) is 43.4 Å². The maximum Gasteiger partial charge on any atom is 0.0584 e. The summed E-state index contributed by atoms with van der Waals surface area (Å²) in [6, 6.07) is 8.78. The van der Waals surface area contributed by atoms with Crippen LogP contribution < -0.4 is 5.32 Å². The van der Waals surface area contributed by atoms with Crippen molar-refractivity contribution in [3.63, 3.8) is 0 Å². The summed E-state index contributed by atoms with van der Waals surface area (Å²) in [6.45, 7) is 5.32. The van der Waals surface area contributed by atoms with Gasteiger partial charge >= 0.3 is 0 Å². The van der Waals surface area contributed by atoms with Gasteiger partial charge < -0.3 is 10.4 Å². The molecule has 0 bridgehead atoms. The standard InChI is InChI=1S/C13H21NOS/c1-3-14-12(10-15)7-8-16-13-6-4-5-11(2)9-13/h4-6,9,12,14-15H,3,7-8,10H2,1-2H3. The number of aryl methyl sites for hydroxylation is 1. The first-order valence-corrected chi connectivity index (χ1v) is 6.78. The van der Waals surface area contributed by atoms with Gasteiger partial charge in [-0.25, -0.2) is 0 Å². The highest BCUT2D eigenvalue weighted by Gasteiger charge is 2.05. The molecule has 1 aromatic carbocycles. The Morgan fingerprint density at radius 2 is 2.25 bits per heavy atom. The summed E-state index contributed by atoms with van der Waals surface area (Å²) in [5, 5.41) is 12.4. The lowest BCUT2D eigenvalue weighted by molar-refractivity contribution is 0.242. The summed E-state index contributed by atoms with van der Waals surface area (Å²) in [7, 11) is 0. The summed E-state index contributed by atoms with van der Waals surface area (Å²) in [5.41, 5.74) is 1.30. The molecule has 1 unspecified atom stereocenters. The lowest BCUT2D eigenvalue weighted by Gasteiger charge is -2.14. The van der Waals surface area contributed by atoms with E-state index in [0.717, 1.165) is 18.7 Å². The molecule has 3 heteroatoms. The van der Waals surface area contributed by atoms with Gasteiger partial charge in [0, 0.05) is 10.9 Å². The van der Waals surface area contributed by atoms with Crippen LogP contribution in [0.5, 0.6) is 0 Å². The summed E-state index contributed by atoms with van der Waals surface area (Å²) in [5.74, 6) is 1.04. The van der Waals surface area contributed by atoms with Gasteiger partial charge in [0.25, 0.3) is 0 Å². The van der Waals surface area contributed by atoms with Gasteiger partial charge in [-0.2, -0.15) is 0 Å². The zero-order valence-electron chi connectivity index (χ0n) is 10.1. The minimum absolute atomic E-state index is 0.224. The van der Waals surface area contributed by atoms with Crippen molar-refractivity contribution in [3.05, 3.63) is 29.8 Å². The first-order valence-electron chi connectivity index (χ1n) is 5.80. The first-order chi connectivity index (χ1) is 7.76. The number of hydrogen-bond acceptors (Lipinski definition) is 3. The number of likely N-dealkylation sites (N-methyl/N-ethyl adjacent to an activating group) is 1. The minimum Gasteiger partial charge on any atom is -0.395 e. The molecule has 0 aliphatic heterocycles. The molecule has 0 aliphatic carbocycles. The molecule has 0 aromatic heterocycles. The molecule has 2 N–H and O–H groups in total. The molecule has 0 radical (unpaired) electrons. The van der Waals surface area contributed by atoms with E-state index in [0.29, 0.717) is 0 Å². The third-order valence-electron chi connectivity index (χ3n) is 2.44. The Kier molecular flexibility index (Phi) is 6.53. The highest BCUT2D eigenvalue weighted by Crippen LogP contribution is 2.20. The van der Waals surface area contributed by atoms with Crippen molar-refractivity contribution in [1.29, 1.82) is 0 Å². The van der Waals surface area contributed by atoms with Crippen LogP contribution in [0.1, 0.15) is 18.9 Å². The van der Waals surface area contributed by atoms with Crippen molar-refractivity contribution in [1.82, 2.24) is 5.32 Å². The van der Waals surface area contributed by atoms with Crippen LogP contribution in [0.15, 0.2) is 29.2 Å². The highest BCUT2D eigenvalue weighted by molar-refractivity contribution is 7.99. The fraction of sp³-hybridized carbons (Fsp3) is 0.538. The highest BCUT2D eigenvalue weighted by atomic mass is 32.2. The van der Waals surface area contributed by atoms with Gasteiger partial charge in [-0.05, 0) is 37.8 Å². The van der Waals surface area contributed by atoms with Gasteiger partial charge in [-0.3, -0.25) is 0 Å². The maximum absolute atomic E-state index is 9.13. The van der Waals surface area contributed by atoms with E-state index in [1.165, 1.54) is 10.5 Å². The predicted octanol–water partition coefficient (Wildman–Crippen LogP) is 2.45. The van der Waals surface area contributed by atoms with Crippen LogP contribution in [0, 0.1) is 6.92 Å². The first kappa shape index (κ1) is 13.6. The van der Waals surface area contributed by atoms with E-state index in [1.807, 2.05) is 11.8 Å². The predicted molar refractivity (Wildman–Crippen MR) is 71.1 cm³/mol. The van der Waals surface area contributed by atoms with E-state index in [9.17, 15) is 0 Å². The van der Waals surface area contributed by atoms with E-state index >= 15 is 0 Å². The largest absolute Gasteiger partial charge is 0.395 e. The average molecular weight is 239 g/mol. The monoisotopic (exact) mass is 239 g/mol. The molecule has 90 valence electrons. The third kappa shape index (κ3) is 5.01. The number of rotatable bonds is 7. The van der Waals surface area contributed by atoms with Gasteiger partial charge in [0.2, 0.25) is 0 Å². The number of hydrogen-bond donors (Lipinski definition) is 2. The SMILES string of the molecule is CCNC(CO)CCSc1cccc(C)c1. The topological polar surface area (TPSA) is 32.3 Å². The Labute approximate surface area is 102 Å². The van der Waals surface area contributed by atoms with E-state index in [4.69, 9.17) is 5.11 Å². The van der Waals surface area contributed by atoms with Gasteiger partial charge in [-0.1, -0.05) is 24.6 Å². The second-order valence-corrected chi connectivity index (χ2v) is 5.06. The Balaban J connectivity index is 2.29. The summed E-state index contributed by atoms with van der Waals surface area (Å²) in [6.07, 6.45) is 1.00. The number of thioether (sulfide) groups is 1. The maximum atomic E-state index is 9.13. The number of nitrogens with one attached hydrogen (secondary N) is 1. The normalized spacial score (nSPS) is 12.7. The number of aliphatic hydroxyl groups excluding tert-OH is 1. The van der Waals surface area contributed by atoms with Gasteiger partial charge in [0.15, 0.2) is 0 Å². The molecule has 1 atom stereocenters. The Morgan fingerprint density at radius 3 is 2.88 bits per heavy atom. The van der Waals surface area contributed by atoms with Crippen LogP contribution in [0.4, 0.5) is 0 Å². The fourth-order valence-corrected chi connectivity index (χ4v) is 2.65. The van der Waals surface area contributed by atoms with Crippen molar-refractivity contribution in [2.75, 3.05) is 18.9 Å². The Bertz CT molecular complexity index is 304. The van der Waals surface area contributed by atoms with Gasteiger partial charge in [0.1, 0.15) is 0 Å². The molecule has 2 nitrogen and oxygen atoms in total. The Hall–Kier alpha value is -0.510. The molecule has 0 aliphatic rings. The smallest absolute Gasteiger partial charge is 0.0584 e. The van der Waals surface area contributed by atoms with Crippen LogP contribution in [0.3, 0.4) is 0 Å². The van der Waals surface area contributed by atoms with Crippen LogP contribution in [-0.4, -0.2) is 30.1 Å². The lowest BCUT2D eigenvalue weighted by atomic mass is 10.2. The Morgan fingerprint density at radius 1 is 1.44 bits per heavy atom. The zero-order valence-corrected chi connectivity index (χ0v) is 10.9. The molecule has 0 saturated carbocycles. The molecular formula is C13H21NOS. The lowest BCUT2D eigenvalue weighted by Crippen LogP contribution is -2.32. The second kappa shape index (κ2) is 7.71. The summed E-state index contributed by atoms with van der Waals surface area (Å²) >= 11 is 1.85. The van der Waals surface area contributed by atoms with Crippen LogP contribution in [0.25, 0.3) is 0 Å². The van der Waals surface area contributed by atoms with E-state index in [1.54, 1.807) is 0 Å². The molecular weight excluding hydrogens is 218 g/mol. The van der Waals surface area contributed by atoms with Gasteiger partial charge in [0.05, 0.1) is 6.61 Å². The minimum atomic E-state index is 0.224. The van der Waals surface area contributed by atoms with Crippen LogP contribution in [0.2, 0.25) is 0 Å². The molecule has 1 aromatic rings. The molecule has 0 saturated heterocycles. The van der Waals surface area contributed by atoms with Crippen molar-refractivity contribution < 1.29 is 5.11 Å². The van der Waals surface area contributed by atoms with E-state index in [-0.39, 0.29) is 12.6 Å². The summed E-state index contributed by atoms with van der Waals surface area (Å²) in [4.78, 5) is 1.31. The molecule has 0 amide bonds. The molecule has 0 fully saturated rings. The van der Waals surface area contributed by atoms with Crippen molar-refractivity contribution in [2.45, 2.75) is 31.2 Å². The molecule has 0 spiro atoms. The fourth-order valence-electron chi connectivity index (χ4n) is 1.57. The van der Waals surface area contributed by atoms with Gasteiger partial charge in [-0.15, -0.1) is 11.8 Å². The molecule has 16 heavy (non-hydrogen) atoms. The molecule has 0 heterocycles. The molecule has 1 rings (SSSR count). The quantitative estimate of drug-likeness (QED) is 0.717. The summed E-state index contributed by atoms with van der Waals surface area (Å²) < 4.78 is 0. The van der Waals surface area contributed by atoms with Crippen molar-refractivity contribution >= 4 is 11.8 Å². The van der Waals surface area contributed by atoms with Crippen LogP contribution in [-0.2, 0) is 0 Å². The zero-order chi connectivity index (χ0) is 11.8.